The fraction of sp³-hybridized carbons (Fsp3) is 0.571. The average molecular weight is 238 g/mol. The molecule has 1 atom stereocenters. The van der Waals surface area contributed by atoms with Gasteiger partial charge in [0.05, 0.1) is 0 Å². The van der Waals surface area contributed by atoms with Gasteiger partial charge in [-0.05, 0) is 31.9 Å². The van der Waals surface area contributed by atoms with Crippen molar-refractivity contribution in [2.45, 2.75) is 45.7 Å². The van der Waals surface area contributed by atoms with E-state index < -0.39 is 0 Å². The van der Waals surface area contributed by atoms with E-state index in [1.807, 2.05) is 20.0 Å². The summed E-state index contributed by atoms with van der Waals surface area (Å²) in [7, 11) is 2.01. The number of nitrogens with two attached hydrogens (primary N) is 1. The van der Waals surface area contributed by atoms with Gasteiger partial charge in [-0.15, -0.1) is 0 Å². The SMILES string of the molecule is CCC(CC)N(C)c1cccc(F)c1C(C)N. The largest absolute Gasteiger partial charge is 0.371 e. The highest BCUT2D eigenvalue weighted by atomic mass is 19.1. The summed E-state index contributed by atoms with van der Waals surface area (Å²) in [5.74, 6) is -0.213. The first-order chi connectivity index (χ1) is 8.02. The molecule has 0 aliphatic heterocycles. The highest BCUT2D eigenvalue weighted by molar-refractivity contribution is 5.55. The zero-order valence-corrected chi connectivity index (χ0v) is 11.2. The second-order valence-electron chi connectivity index (χ2n) is 4.54. The number of hydrogen-bond donors (Lipinski definition) is 1. The molecule has 0 saturated carbocycles. The van der Waals surface area contributed by atoms with Gasteiger partial charge in [0.2, 0.25) is 0 Å². The van der Waals surface area contributed by atoms with Crippen LogP contribution in [0.15, 0.2) is 18.2 Å². The molecule has 2 nitrogen and oxygen atoms in total. The average Bonchev–Trinajstić information content (AvgIpc) is 2.29. The molecule has 17 heavy (non-hydrogen) atoms. The predicted molar refractivity (Wildman–Crippen MR) is 71.8 cm³/mol. The van der Waals surface area contributed by atoms with Crippen molar-refractivity contribution in [2.75, 3.05) is 11.9 Å². The van der Waals surface area contributed by atoms with E-state index in [9.17, 15) is 4.39 Å². The number of nitrogens with zero attached hydrogens (tertiary/aromatic N) is 1. The van der Waals surface area contributed by atoms with E-state index in [1.54, 1.807) is 6.07 Å². The Bertz CT molecular complexity index is 359. The van der Waals surface area contributed by atoms with Crippen LogP contribution >= 0.6 is 0 Å². The van der Waals surface area contributed by atoms with E-state index in [1.165, 1.54) is 6.07 Å². The molecule has 1 rings (SSSR count). The van der Waals surface area contributed by atoms with Crippen LogP contribution in [0.1, 0.15) is 45.2 Å². The summed E-state index contributed by atoms with van der Waals surface area (Å²) in [6.07, 6.45) is 2.09. The lowest BCUT2D eigenvalue weighted by molar-refractivity contribution is 0.569. The molecule has 0 bridgehead atoms. The van der Waals surface area contributed by atoms with Gasteiger partial charge in [-0.3, -0.25) is 0 Å². The first-order valence-electron chi connectivity index (χ1n) is 6.29. The van der Waals surface area contributed by atoms with Crippen LogP contribution < -0.4 is 10.6 Å². The van der Waals surface area contributed by atoms with Crippen LogP contribution in [0.25, 0.3) is 0 Å². The Morgan fingerprint density at radius 2 is 1.88 bits per heavy atom. The number of benzene rings is 1. The molecular formula is C14H23FN2. The Morgan fingerprint density at radius 3 is 2.35 bits per heavy atom. The number of halogens is 1. The van der Waals surface area contributed by atoms with Crippen LogP contribution in [0, 0.1) is 5.82 Å². The second kappa shape index (κ2) is 6.01. The van der Waals surface area contributed by atoms with Crippen molar-refractivity contribution in [1.29, 1.82) is 0 Å². The fourth-order valence-electron chi connectivity index (χ4n) is 2.32. The molecule has 0 fully saturated rings. The Kier molecular flexibility index (Phi) is 4.94. The van der Waals surface area contributed by atoms with E-state index in [0.29, 0.717) is 11.6 Å². The topological polar surface area (TPSA) is 29.3 Å². The monoisotopic (exact) mass is 238 g/mol. The van der Waals surface area contributed by atoms with E-state index >= 15 is 0 Å². The molecule has 0 heterocycles. The van der Waals surface area contributed by atoms with Gasteiger partial charge in [0.15, 0.2) is 0 Å². The molecule has 1 aromatic carbocycles. The maximum Gasteiger partial charge on any atom is 0.130 e. The lowest BCUT2D eigenvalue weighted by Crippen LogP contribution is -2.32. The van der Waals surface area contributed by atoms with Crippen LogP contribution in [0.2, 0.25) is 0 Å². The van der Waals surface area contributed by atoms with Crippen molar-refractivity contribution in [3.8, 4) is 0 Å². The molecule has 1 aromatic rings. The Morgan fingerprint density at radius 1 is 1.29 bits per heavy atom. The van der Waals surface area contributed by atoms with Crippen LogP contribution in [-0.2, 0) is 0 Å². The highest BCUT2D eigenvalue weighted by Crippen LogP contribution is 2.29. The molecule has 1 unspecified atom stereocenters. The van der Waals surface area contributed by atoms with Gasteiger partial charge in [0, 0.05) is 30.4 Å². The maximum atomic E-state index is 13.8. The molecule has 0 spiro atoms. The minimum atomic E-state index is -0.289. The smallest absolute Gasteiger partial charge is 0.130 e. The summed E-state index contributed by atoms with van der Waals surface area (Å²) in [6.45, 7) is 6.12. The van der Waals surface area contributed by atoms with Crippen molar-refractivity contribution < 1.29 is 4.39 Å². The minimum absolute atomic E-state index is 0.213. The van der Waals surface area contributed by atoms with E-state index in [2.05, 4.69) is 18.7 Å². The van der Waals surface area contributed by atoms with Crippen LogP contribution in [0.4, 0.5) is 10.1 Å². The number of anilines is 1. The summed E-state index contributed by atoms with van der Waals surface area (Å²) in [5.41, 5.74) is 7.39. The molecule has 0 radical (unpaired) electrons. The Hall–Kier alpha value is -1.09. The Labute approximate surface area is 104 Å². The minimum Gasteiger partial charge on any atom is -0.371 e. The third-order valence-corrected chi connectivity index (χ3v) is 3.36. The lowest BCUT2D eigenvalue weighted by Gasteiger charge is -2.31. The standard InChI is InChI=1S/C14H23FN2/c1-5-11(6-2)17(4)13-9-7-8-12(15)14(13)10(3)16/h7-11H,5-6,16H2,1-4H3. The van der Waals surface area contributed by atoms with Crippen molar-refractivity contribution >= 4 is 5.69 Å². The quantitative estimate of drug-likeness (QED) is 0.851. The molecule has 0 saturated heterocycles. The zero-order chi connectivity index (χ0) is 13.0. The normalized spacial score (nSPS) is 12.9. The van der Waals surface area contributed by atoms with Crippen molar-refractivity contribution in [2.24, 2.45) is 5.73 Å². The predicted octanol–water partition coefficient (Wildman–Crippen LogP) is 3.47. The van der Waals surface area contributed by atoms with Gasteiger partial charge in [-0.1, -0.05) is 19.9 Å². The van der Waals surface area contributed by atoms with Crippen molar-refractivity contribution in [1.82, 2.24) is 0 Å². The van der Waals surface area contributed by atoms with Crippen LogP contribution in [0.5, 0.6) is 0 Å². The molecule has 0 aliphatic carbocycles. The molecule has 0 amide bonds. The van der Waals surface area contributed by atoms with Crippen LogP contribution in [0.3, 0.4) is 0 Å². The molecule has 3 heteroatoms. The summed E-state index contributed by atoms with van der Waals surface area (Å²) < 4.78 is 13.8. The third-order valence-electron chi connectivity index (χ3n) is 3.36. The van der Waals surface area contributed by atoms with Crippen LogP contribution in [-0.4, -0.2) is 13.1 Å². The molecular weight excluding hydrogens is 215 g/mol. The molecule has 2 N–H and O–H groups in total. The number of rotatable bonds is 5. The van der Waals surface area contributed by atoms with Gasteiger partial charge < -0.3 is 10.6 Å². The first kappa shape index (κ1) is 14.0. The van der Waals surface area contributed by atoms with E-state index in [4.69, 9.17) is 5.73 Å². The molecule has 96 valence electrons. The summed E-state index contributed by atoms with van der Waals surface area (Å²) in [5, 5.41) is 0. The van der Waals surface area contributed by atoms with Gasteiger partial charge in [0.25, 0.3) is 0 Å². The second-order valence-corrected chi connectivity index (χ2v) is 4.54. The van der Waals surface area contributed by atoms with Crippen molar-refractivity contribution in [3.63, 3.8) is 0 Å². The zero-order valence-electron chi connectivity index (χ0n) is 11.2. The molecule has 0 aromatic heterocycles. The summed E-state index contributed by atoms with van der Waals surface area (Å²) in [4.78, 5) is 2.14. The van der Waals surface area contributed by atoms with Crippen molar-refractivity contribution in [3.05, 3.63) is 29.6 Å². The maximum absolute atomic E-state index is 13.8. The summed E-state index contributed by atoms with van der Waals surface area (Å²) >= 11 is 0. The van der Waals surface area contributed by atoms with Gasteiger partial charge in [-0.2, -0.15) is 0 Å². The van der Waals surface area contributed by atoms with Gasteiger partial charge >= 0.3 is 0 Å². The van der Waals surface area contributed by atoms with E-state index in [0.717, 1.165) is 18.5 Å². The number of hydrogen-bond acceptors (Lipinski definition) is 2. The molecule has 0 aliphatic rings. The summed E-state index contributed by atoms with van der Waals surface area (Å²) in [6, 6.07) is 5.30. The third kappa shape index (κ3) is 2.97. The highest BCUT2D eigenvalue weighted by Gasteiger charge is 2.18. The van der Waals surface area contributed by atoms with E-state index in [-0.39, 0.29) is 11.9 Å². The Balaban J connectivity index is 3.16. The lowest BCUT2D eigenvalue weighted by atomic mass is 10.0. The van der Waals surface area contributed by atoms with Gasteiger partial charge in [-0.25, -0.2) is 4.39 Å². The first-order valence-corrected chi connectivity index (χ1v) is 6.29. The van der Waals surface area contributed by atoms with Gasteiger partial charge in [0.1, 0.15) is 5.82 Å². The fourth-order valence-corrected chi connectivity index (χ4v) is 2.32.